The van der Waals surface area contributed by atoms with Gasteiger partial charge >= 0.3 is 11.9 Å². The Morgan fingerprint density at radius 3 is 2.64 bits per heavy atom. The van der Waals surface area contributed by atoms with Gasteiger partial charge in [0.1, 0.15) is 10.7 Å². The molecule has 0 atom stereocenters. The van der Waals surface area contributed by atoms with E-state index in [1.54, 1.807) is 12.1 Å². The van der Waals surface area contributed by atoms with Crippen molar-refractivity contribution in [2.75, 3.05) is 19.0 Å². The predicted octanol–water partition coefficient (Wildman–Crippen LogP) is 4.28. The van der Waals surface area contributed by atoms with Crippen molar-refractivity contribution in [1.29, 1.82) is 0 Å². The van der Waals surface area contributed by atoms with Gasteiger partial charge in [-0.2, -0.15) is 0 Å². The summed E-state index contributed by atoms with van der Waals surface area (Å²) in [7, 11) is 1.23. The molecule has 0 fully saturated rings. The monoisotopic (exact) mass is 421 g/mol. The molecule has 1 amide bonds. The number of esters is 2. The number of para-hydroxylation sites is 1. The first-order valence-corrected chi connectivity index (χ1v) is 9.12. The largest absolute Gasteiger partial charge is 0.465 e. The number of nitrogens with one attached hydrogen (secondary N) is 1. The van der Waals surface area contributed by atoms with Crippen LogP contribution in [0.25, 0.3) is 10.1 Å². The summed E-state index contributed by atoms with van der Waals surface area (Å²) in [5.74, 6) is -2.51. The third-order valence-electron chi connectivity index (χ3n) is 3.72. The molecular weight excluding hydrogens is 409 g/mol. The highest BCUT2D eigenvalue weighted by Gasteiger charge is 2.20. The minimum Gasteiger partial charge on any atom is -0.465 e. The zero-order chi connectivity index (χ0) is 20.3. The lowest BCUT2D eigenvalue weighted by Crippen LogP contribution is -2.22. The summed E-state index contributed by atoms with van der Waals surface area (Å²) in [5.41, 5.74) is 0.394. The van der Waals surface area contributed by atoms with E-state index in [-0.39, 0.29) is 21.2 Å². The number of ether oxygens (including phenoxy) is 2. The molecule has 3 rings (SSSR count). The van der Waals surface area contributed by atoms with Crippen molar-refractivity contribution < 1.29 is 28.2 Å². The van der Waals surface area contributed by atoms with Gasteiger partial charge in [0.05, 0.1) is 23.4 Å². The van der Waals surface area contributed by atoms with Gasteiger partial charge in [-0.3, -0.25) is 4.79 Å². The number of benzene rings is 2. The van der Waals surface area contributed by atoms with Crippen LogP contribution in [-0.4, -0.2) is 31.6 Å². The van der Waals surface area contributed by atoms with Crippen molar-refractivity contribution in [3.8, 4) is 0 Å². The molecule has 6 nitrogen and oxygen atoms in total. The van der Waals surface area contributed by atoms with E-state index in [4.69, 9.17) is 16.3 Å². The van der Waals surface area contributed by atoms with Crippen LogP contribution in [0.1, 0.15) is 20.0 Å². The van der Waals surface area contributed by atoms with Gasteiger partial charge < -0.3 is 14.8 Å². The summed E-state index contributed by atoms with van der Waals surface area (Å²) in [5, 5.41) is 3.15. The van der Waals surface area contributed by atoms with Crippen LogP contribution in [0.15, 0.2) is 42.5 Å². The first-order valence-electron chi connectivity index (χ1n) is 7.92. The van der Waals surface area contributed by atoms with Crippen LogP contribution in [0, 0.1) is 5.82 Å². The van der Waals surface area contributed by atoms with Crippen LogP contribution >= 0.6 is 22.9 Å². The van der Waals surface area contributed by atoms with E-state index in [9.17, 15) is 18.8 Å². The SMILES string of the molecule is COC(=O)c1ccccc1NC(=O)COC(=O)c1sc2cc(F)ccc2c1Cl. The highest BCUT2D eigenvalue weighted by molar-refractivity contribution is 7.21. The number of carbonyl (C=O) groups excluding carboxylic acids is 3. The van der Waals surface area contributed by atoms with Crippen LogP contribution < -0.4 is 5.32 Å². The molecule has 0 radical (unpaired) electrons. The fourth-order valence-corrected chi connectivity index (χ4v) is 3.86. The fraction of sp³-hybridized carbons (Fsp3) is 0.105. The van der Waals surface area contributed by atoms with Gasteiger partial charge in [-0.1, -0.05) is 23.7 Å². The Bertz CT molecular complexity index is 1080. The third kappa shape index (κ3) is 4.13. The quantitative estimate of drug-likeness (QED) is 0.622. The summed E-state index contributed by atoms with van der Waals surface area (Å²) in [6.07, 6.45) is 0. The maximum Gasteiger partial charge on any atom is 0.350 e. The normalized spacial score (nSPS) is 10.5. The minimum absolute atomic E-state index is 0.0741. The number of amides is 1. The molecule has 0 spiro atoms. The number of halogens is 2. The number of rotatable bonds is 5. The third-order valence-corrected chi connectivity index (χ3v) is 5.35. The van der Waals surface area contributed by atoms with E-state index in [1.165, 1.54) is 37.4 Å². The Labute approximate surface area is 167 Å². The minimum atomic E-state index is -0.803. The molecular formula is C19H13ClFNO5S. The van der Waals surface area contributed by atoms with E-state index in [1.807, 2.05) is 0 Å². The van der Waals surface area contributed by atoms with E-state index in [0.717, 1.165) is 11.3 Å². The number of carbonyl (C=O) groups is 3. The predicted molar refractivity (Wildman–Crippen MR) is 103 cm³/mol. The maximum absolute atomic E-state index is 13.3. The van der Waals surface area contributed by atoms with Gasteiger partial charge in [0.15, 0.2) is 6.61 Å². The van der Waals surface area contributed by atoms with E-state index in [0.29, 0.717) is 10.1 Å². The van der Waals surface area contributed by atoms with Crippen molar-refractivity contribution in [1.82, 2.24) is 0 Å². The van der Waals surface area contributed by atoms with Gasteiger partial charge in [0.2, 0.25) is 0 Å². The molecule has 3 aromatic rings. The van der Waals surface area contributed by atoms with Crippen LogP contribution in [0.3, 0.4) is 0 Å². The fourth-order valence-electron chi connectivity index (χ4n) is 2.43. The summed E-state index contributed by atoms with van der Waals surface area (Å²) in [6.45, 7) is -0.590. The number of hydrogen-bond donors (Lipinski definition) is 1. The summed E-state index contributed by atoms with van der Waals surface area (Å²) in [4.78, 5) is 36.1. The Morgan fingerprint density at radius 1 is 1.14 bits per heavy atom. The average Bonchev–Trinajstić information content (AvgIpc) is 3.01. The first kappa shape index (κ1) is 19.8. The maximum atomic E-state index is 13.3. The summed E-state index contributed by atoms with van der Waals surface area (Å²) >= 11 is 7.13. The molecule has 0 aliphatic heterocycles. The Kier molecular flexibility index (Phi) is 5.91. The highest BCUT2D eigenvalue weighted by atomic mass is 35.5. The van der Waals surface area contributed by atoms with Gasteiger partial charge in [0.25, 0.3) is 5.91 Å². The second-order valence-corrected chi connectivity index (χ2v) is 6.98. The van der Waals surface area contributed by atoms with Crippen molar-refractivity contribution in [3.05, 3.63) is 63.7 Å². The Morgan fingerprint density at radius 2 is 1.89 bits per heavy atom. The molecule has 2 aromatic carbocycles. The molecule has 0 saturated carbocycles. The summed E-state index contributed by atoms with van der Waals surface area (Å²) in [6, 6.07) is 10.2. The number of thiophene rings is 1. The number of anilines is 1. The molecule has 1 heterocycles. The molecule has 0 aliphatic rings. The average molecular weight is 422 g/mol. The molecule has 0 aliphatic carbocycles. The van der Waals surface area contributed by atoms with Crippen molar-refractivity contribution in [2.45, 2.75) is 0 Å². The zero-order valence-corrected chi connectivity index (χ0v) is 16.0. The van der Waals surface area contributed by atoms with Gasteiger partial charge in [-0.05, 0) is 30.3 Å². The summed E-state index contributed by atoms with van der Waals surface area (Å²) < 4.78 is 23.5. The zero-order valence-electron chi connectivity index (χ0n) is 14.5. The topological polar surface area (TPSA) is 81.7 Å². The van der Waals surface area contributed by atoms with Crippen LogP contribution in [0.4, 0.5) is 10.1 Å². The lowest BCUT2D eigenvalue weighted by Gasteiger charge is -2.09. The van der Waals surface area contributed by atoms with Gasteiger partial charge in [0, 0.05) is 10.1 Å². The van der Waals surface area contributed by atoms with Crippen LogP contribution in [0.5, 0.6) is 0 Å². The van der Waals surface area contributed by atoms with E-state index >= 15 is 0 Å². The van der Waals surface area contributed by atoms with E-state index in [2.05, 4.69) is 10.1 Å². The molecule has 0 bridgehead atoms. The number of hydrogen-bond acceptors (Lipinski definition) is 6. The van der Waals surface area contributed by atoms with Gasteiger partial charge in [-0.25, -0.2) is 14.0 Å². The second kappa shape index (κ2) is 8.37. The second-order valence-electron chi connectivity index (χ2n) is 5.55. The molecule has 0 unspecified atom stereocenters. The number of methoxy groups -OCH3 is 1. The van der Waals surface area contributed by atoms with Gasteiger partial charge in [-0.15, -0.1) is 11.3 Å². The van der Waals surface area contributed by atoms with Crippen molar-refractivity contribution >= 4 is 56.6 Å². The first-order chi connectivity index (χ1) is 13.4. The molecule has 1 aromatic heterocycles. The lowest BCUT2D eigenvalue weighted by atomic mass is 10.2. The standard InChI is InChI=1S/C19H13ClFNO5S/c1-26-18(24)11-4-2-3-5-13(11)22-15(23)9-27-19(25)17-16(20)12-7-6-10(21)8-14(12)28-17/h2-8H,9H2,1H3,(H,22,23). The molecule has 0 saturated heterocycles. The molecule has 9 heteroatoms. The van der Waals surface area contributed by atoms with Crippen LogP contribution in [0.2, 0.25) is 5.02 Å². The Balaban J connectivity index is 1.68. The number of fused-ring (bicyclic) bond motifs is 1. The molecule has 144 valence electrons. The highest BCUT2D eigenvalue weighted by Crippen LogP contribution is 2.36. The van der Waals surface area contributed by atoms with Crippen molar-refractivity contribution in [3.63, 3.8) is 0 Å². The smallest absolute Gasteiger partial charge is 0.350 e. The van der Waals surface area contributed by atoms with Crippen LogP contribution in [-0.2, 0) is 14.3 Å². The van der Waals surface area contributed by atoms with Crippen molar-refractivity contribution in [2.24, 2.45) is 0 Å². The Hall–Kier alpha value is -2.97. The van der Waals surface area contributed by atoms with E-state index < -0.39 is 30.3 Å². The lowest BCUT2D eigenvalue weighted by molar-refractivity contribution is -0.119. The molecule has 1 N–H and O–H groups in total. The molecule has 28 heavy (non-hydrogen) atoms.